The molecule has 0 unspecified atom stereocenters. The summed E-state index contributed by atoms with van der Waals surface area (Å²) in [6.45, 7) is 3.27. The van der Waals surface area contributed by atoms with Gasteiger partial charge in [-0.3, -0.25) is 0 Å². The average Bonchev–Trinajstić information content (AvgIpc) is 2.49. The fraction of sp³-hybridized carbons (Fsp3) is 0.625. The van der Waals surface area contributed by atoms with Crippen LogP contribution in [0.2, 0.25) is 0 Å². The van der Waals surface area contributed by atoms with Gasteiger partial charge in [-0.25, -0.2) is 13.1 Å². The van der Waals surface area contributed by atoms with Gasteiger partial charge in [-0.2, -0.15) is 0 Å². The van der Waals surface area contributed by atoms with E-state index in [9.17, 15) is 13.5 Å². The number of aliphatic hydroxyl groups is 1. The maximum absolute atomic E-state index is 12.2. The van der Waals surface area contributed by atoms with Crippen LogP contribution in [0.4, 0.5) is 0 Å². The van der Waals surface area contributed by atoms with Crippen LogP contribution in [-0.4, -0.2) is 31.9 Å². The highest BCUT2D eigenvalue weighted by molar-refractivity contribution is 7.90. The van der Waals surface area contributed by atoms with Gasteiger partial charge in [-0.15, -0.1) is 0 Å². The summed E-state index contributed by atoms with van der Waals surface area (Å²) in [4.78, 5) is 0. The molecule has 2 rings (SSSR count). The van der Waals surface area contributed by atoms with Crippen molar-refractivity contribution in [1.82, 2.24) is 4.72 Å². The second-order valence-electron chi connectivity index (χ2n) is 6.16. The number of hydrogen-bond donors (Lipinski definition) is 2. The third kappa shape index (κ3) is 3.45. The van der Waals surface area contributed by atoms with Gasteiger partial charge in [0.05, 0.1) is 18.4 Å². The van der Waals surface area contributed by atoms with Gasteiger partial charge in [0.15, 0.2) is 0 Å². The first-order valence-corrected chi connectivity index (χ1v) is 9.22. The van der Waals surface area contributed by atoms with Crippen molar-refractivity contribution in [2.45, 2.75) is 56.4 Å². The van der Waals surface area contributed by atoms with E-state index in [4.69, 9.17) is 4.74 Å². The van der Waals surface area contributed by atoms with E-state index < -0.39 is 26.9 Å². The summed E-state index contributed by atoms with van der Waals surface area (Å²) in [5.74, 6) is 0.711. The van der Waals surface area contributed by atoms with E-state index >= 15 is 0 Å². The number of rotatable bonds is 5. The Morgan fingerprint density at radius 3 is 2.45 bits per heavy atom. The van der Waals surface area contributed by atoms with Crippen LogP contribution in [0.15, 0.2) is 24.3 Å². The molecule has 124 valence electrons. The van der Waals surface area contributed by atoms with Gasteiger partial charge in [0, 0.05) is 0 Å². The van der Waals surface area contributed by atoms with Crippen LogP contribution in [0, 0.1) is 0 Å². The first-order chi connectivity index (χ1) is 10.3. The van der Waals surface area contributed by atoms with E-state index in [-0.39, 0.29) is 0 Å². The summed E-state index contributed by atoms with van der Waals surface area (Å²) in [5, 5.41) is 10.6. The number of nitrogens with one attached hydrogen (secondary N) is 1. The molecule has 6 heteroatoms. The topological polar surface area (TPSA) is 75.6 Å². The lowest BCUT2D eigenvalue weighted by atomic mass is 9.76. The molecule has 1 aliphatic rings. The summed E-state index contributed by atoms with van der Waals surface area (Å²) in [5.41, 5.74) is -0.448. The molecule has 0 aromatic heterocycles. The molecule has 0 bridgehead atoms. The van der Waals surface area contributed by atoms with Gasteiger partial charge in [0.2, 0.25) is 10.0 Å². The summed E-state index contributed by atoms with van der Waals surface area (Å²) >= 11 is 0. The Balaban J connectivity index is 2.31. The number of methoxy groups -OCH3 is 1. The second-order valence-corrected chi connectivity index (χ2v) is 8.43. The SMILES string of the molecule is COc1ccc([C@@]2(O)CCCC[C@@H]2NS(=O)(=O)C(C)C)cc1. The Bertz CT molecular complexity index is 597. The fourth-order valence-corrected chi connectivity index (χ4v) is 3.85. The Morgan fingerprint density at radius 1 is 1.27 bits per heavy atom. The number of hydrogen-bond acceptors (Lipinski definition) is 4. The quantitative estimate of drug-likeness (QED) is 0.869. The van der Waals surface area contributed by atoms with Gasteiger partial charge in [-0.1, -0.05) is 25.0 Å². The van der Waals surface area contributed by atoms with Gasteiger partial charge in [0.1, 0.15) is 11.4 Å². The molecule has 5 nitrogen and oxygen atoms in total. The lowest BCUT2D eigenvalue weighted by Crippen LogP contribution is -2.53. The monoisotopic (exact) mass is 327 g/mol. The van der Waals surface area contributed by atoms with Crippen LogP contribution in [0.3, 0.4) is 0 Å². The van der Waals surface area contributed by atoms with E-state index in [2.05, 4.69) is 4.72 Å². The first kappa shape index (κ1) is 17.2. The van der Waals surface area contributed by atoms with Crippen molar-refractivity contribution in [3.8, 4) is 5.75 Å². The van der Waals surface area contributed by atoms with E-state index in [0.29, 0.717) is 18.6 Å². The number of ether oxygens (including phenoxy) is 1. The minimum atomic E-state index is -3.42. The molecular formula is C16H25NO4S. The molecule has 1 aromatic rings. The van der Waals surface area contributed by atoms with E-state index in [1.807, 2.05) is 0 Å². The zero-order chi connectivity index (χ0) is 16.4. The molecule has 1 aromatic carbocycles. The van der Waals surface area contributed by atoms with Crippen LogP contribution in [0.25, 0.3) is 0 Å². The van der Waals surface area contributed by atoms with E-state index in [0.717, 1.165) is 18.4 Å². The molecule has 1 aliphatic carbocycles. The van der Waals surface area contributed by atoms with Crippen molar-refractivity contribution < 1.29 is 18.3 Å². The van der Waals surface area contributed by atoms with Gasteiger partial charge in [-0.05, 0) is 44.4 Å². The Kier molecular flexibility index (Phi) is 5.14. The largest absolute Gasteiger partial charge is 0.497 e. The third-order valence-corrected chi connectivity index (χ3v) is 6.25. The zero-order valence-corrected chi connectivity index (χ0v) is 14.2. The molecule has 0 amide bonds. The van der Waals surface area contributed by atoms with Crippen LogP contribution in [-0.2, 0) is 15.6 Å². The van der Waals surface area contributed by atoms with Crippen molar-refractivity contribution in [3.05, 3.63) is 29.8 Å². The number of sulfonamides is 1. The Morgan fingerprint density at radius 2 is 1.91 bits per heavy atom. The highest BCUT2D eigenvalue weighted by Crippen LogP contribution is 2.38. The summed E-state index contributed by atoms with van der Waals surface area (Å²) in [6.07, 6.45) is 2.96. The Hall–Kier alpha value is -1.11. The second kappa shape index (κ2) is 6.56. The van der Waals surface area contributed by atoms with Crippen molar-refractivity contribution >= 4 is 10.0 Å². The van der Waals surface area contributed by atoms with Crippen molar-refractivity contribution in [3.63, 3.8) is 0 Å². The highest BCUT2D eigenvalue weighted by atomic mass is 32.2. The van der Waals surface area contributed by atoms with E-state index in [1.165, 1.54) is 0 Å². The van der Waals surface area contributed by atoms with Crippen LogP contribution in [0.1, 0.15) is 45.1 Å². The molecule has 1 fully saturated rings. The summed E-state index contributed by atoms with van der Waals surface area (Å²) < 4.78 is 32.2. The van der Waals surface area contributed by atoms with Crippen molar-refractivity contribution in [2.24, 2.45) is 0 Å². The predicted molar refractivity (Wildman–Crippen MR) is 86.3 cm³/mol. The fourth-order valence-electron chi connectivity index (χ4n) is 2.87. The van der Waals surface area contributed by atoms with Crippen molar-refractivity contribution in [2.75, 3.05) is 7.11 Å². The van der Waals surface area contributed by atoms with Crippen LogP contribution in [0.5, 0.6) is 5.75 Å². The van der Waals surface area contributed by atoms with Crippen LogP contribution >= 0.6 is 0 Å². The summed E-state index contributed by atoms with van der Waals surface area (Å²) in [7, 11) is -1.84. The number of benzene rings is 1. The summed E-state index contributed by atoms with van der Waals surface area (Å²) in [6, 6.07) is 6.69. The van der Waals surface area contributed by atoms with E-state index in [1.54, 1.807) is 45.2 Å². The molecule has 0 aliphatic heterocycles. The third-order valence-electron chi connectivity index (χ3n) is 4.39. The molecule has 0 spiro atoms. The standard InChI is InChI=1S/C16H25NO4S/c1-12(2)22(19,20)17-15-6-4-5-11-16(15,18)13-7-9-14(21-3)10-8-13/h7-10,12,15,17-18H,4-6,11H2,1-3H3/t15-,16-/m0/s1. The molecule has 0 saturated heterocycles. The first-order valence-electron chi connectivity index (χ1n) is 7.67. The Labute approximate surface area is 132 Å². The molecule has 2 atom stereocenters. The highest BCUT2D eigenvalue weighted by Gasteiger charge is 2.42. The normalized spacial score (nSPS) is 26.1. The molecule has 0 heterocycles. The molecular weight excluding hydrogens is 302 g/mol. The maximum atomic E-state index is 12.2. The van der Waals surface area contributed by atoms with Gasteiger partial charge in [0.25, 0.3) is 0 Å². The molecule has 22 heavy (non-hydrogen) atoms. The molecule has 0 radical (unpaired) electrons. The molecule has 2 N–H and O–H groups in total. The lowest BCUT2D eigenvalue weighted by molar-refractivity contribution is -0.0250. The van der Waals surface area contributed by atoms with Gasteiger partial charge >= 0.3 is 0 Å². The minimum Gasteiger partial charge on any atom is -0.497 e. The maximum Gasteiger partial charge on any atom is 0.214 e. The lowest BCUT2D eigenvalue weighted by Gasteiger charge is -2.41. The van der Waals surface area contributed by atoms with Crippen LogP contribution < -0.4 is 9.46 Å². The molecule has 1 saturated carbocycles. The predicted octanol–water partition coefficient (Wildman–Crippen LogP) is 2.15. The minimum absolute atomic E-state index is 0.498. The zero-order valence-electron chi connectivity index (χ0n) is 13.4. The van der Waals surface area contributed by atoms with Crippen molar-refractivity contribution in [1.29, 1.82) is 0 Å². The van der Waals surface area contributed by atoms with Gasteiger partial charge < -0.3 is 9.84 Å². The average molecular weight is 327 g/mol. The smallest absolute Gasteiger partial charge is 0.214 e.